The van der Waals surface area contributed by atoms with Crippen LogP contribution in [0.1, 0.15) is 21.5 Å². The minimum absolute atomic E-state index is 0.0372. The van der Waals surface area contributed by atoms with Gasteiger partial charge in [-0.3, -0.25) is 4.79 Å². The molecule has 0 saturated heterocycles. The highest BCUT2D eigenvalue weighted by Gasteiger charge is 2.08. The highest BCUT2D eigenvalue weighted by molar-refractivity contribution is 6.30. The van der Waals surface area contributed by atoms with Crippen molar-refractivity contribution in [3.63, 3.8) is 0 Å². The first-order valence-corrected chi connectivity index (χ1v) is 6.98. The molecule has 0 fully saturated rings. The summed E-state index contributed by atoms with van der Waals surface area (Å²) in [5.74, 6) is 0.726. The van der Waals surface area contributed by atoms with E-state index in [1.807, 2.05) is 43.3 Å². The van der Waals surface area contributed by atoms with E-state index in [1.54, 1.807) is 6.07 Å². The molecule has 0 aliphatic carbocycles. The zero-order valence-electron chi connectivity index (χ0n) is 12.1. The van der Waals surface area contributed by atoms with Crippen molar-refractivity contribution in [2.75, 3.05) is 13.7 Å². The third-order valence-corrected chi connectivity index (χ3v) is 3.33. The number of benzene rings is 2. The molecule has 0 amide bonds. The molecule has 0 bridgehead atoms. The summed E-state index contributed by atoms with van der Waals surface area (Å²) < 4.78 is 10.6. The Hall–Kier alpha value is -1.84. The largest absolute Gasteiger partial charge is 0.489 e. The van der Waals surface area contributed by atoms with Crippen LogP contribution in [0.15, 0.2) is 42.5 Å². The second-order valence-corrected chi connectivity index (χ2v) is 5.19. The lowest BCUT2D eigenvalue weighted by Gasteiger charge is -2.10. The van der Waals surface area contributed by atoms with Crippen molar-refractivity contribution in [2.24, 2.45) is 0 Å². The summed E-state index contributed by atoms with van der Waals surface area (Å²) in [6.45, 7) is 2.47. The Kier molecular flexibility index (Phi) is 5.37. The first-order valence-electron chi connectivity index (χ1n) is 6.60. The lowest BCUT2D eigenvalue weighted by atomic mass is 10.1. The van der Waals surface area contributed by atoms with E-state index in [1.165, 1.54) is 7.11 Å². The summed E-state index contributed by atoms with van der Waals surface area (Å²) in [5.41, 5.74) is 2.59. The topological polar surface area (TPSA) is 35.5 Å². The number of hydrogen-bond acceptors (Lipinski definition) is 3. The molecule has 0 atom stereocenters. The summed E-state index contributed by atoms with van der Waals surface area (Å²) >= 11 is 5.84. The first-order chi connectivity index (χ1) is 10.1. The molecule has 0 aromatic heterocycles. The van der Waals surface area contributed by atoms with Gasteiger partial charge in [-0.05, 0) is 48.4 Å². The molecule has 0 aliphatic rings. The Balaban J connectivity index is 2.04. The smallest absolute Gasteiger partial charge is 0.188 e. The summed E-state index contributed by atoms with van der Waals surface area (Å²) in [6, 6.07) is 12.9. The molecule has 21 heavy (non-hydrogen) atoms. The molecule has 0 spiro atoms. The number of ether oxygens (including phenoxy) is 2. The molecule has 0 aliphatic heterocycles. The number of methoxy groups -OCH3 is 1. The van der Waals surface area contributed by atoms with Gasteiger partial charge in [0.25, 0.3) is 0 Å². The number of Topliss-reactive ketones (excluding diaryl/α,β-unsaturated/α-hetero) is 1. The molecule has 2 aromatic carbocycles. The van der Waals surface area contributed by atoms with Gasteiger partial charge in [-0.1, -0.05) is 23.7 Å². The van der Waals surface area contributed by atoms with Gasteiger partial charge in [0.2, 0.25) is 0 Å². The summed E-state index contributed by atoms with van der Waals surface area (Å²) in [4.78, 5) is 11.7. The molecule has 0 saturated carbocycles. The second kappa shape index (κ2) is 7.25. The van der Waals surface area contributed by atoms with E-state index in [4.69, 9.17) is 21.1 Å². The van der Waals surface area contributed by atoms with Crippen LogP contribution in [-0.2, 0) is 11.3 Å². The van der Waals surface area contributed by atoms with Gasteiger partial charge in [0.05, 0.1) is 0 Å². The number of ketones is 1. The van der Waals surface area contributed by atoms with Crippen molar-refractivity contribution < 1.29 is 14.3 Å². The van der Waals surface area contributed by atoms with Crippen LogP contribution < -0.4 is 4.74 Å². The Morgan fingerprint density at radius 2 is 1.86 bits per heavy atom. The van der Waals surface area contributed by atoms with E-state index in [9.17, 15) is 4.79 Å². The minimum atomic E-state index is -0.0372. The van der Waals surface area contributed by atoms with E-state index in [0.29, 0.717) is 17.2 Å². The fraction of sp³-hybridized carbons (Fsp3) is 0.235. The van der Waals surface area contributed by atoms with Gasteiger partial charge >= 0.3 is 0 Å². The summed E-state index contributed by atoms with van der Waals surface area (Å²) in [5, 5.41) is 0.705. The molecule has 4 heteroatoms. The van der Waals surface area contributed by atoms with Gasteiger partial charge in [-0.15, -0.1) is 0 Å². The molecule has 3 nitrogen and oxygen atoms in total. The molecular weight excluding hydrogens is 288 g/mol. The number of rotatable bonds is 6. The van der Waals surface area contributed by atoms with Crippen molar-refractivity contribution in [2.45, 2.75) is 13.5 Å². The van der Waals surface area contributed by atoms with E-state index in [0.717, 1.165) is 16.9 Å². The van der Waals surface area contributed by atoms with E-state index in [2.05, 4.69) is 0 Å². The molecule has 0 radical (unpaired) electrons. The summed E-state index contributed by atoms with van der Waals surface area (Å²) in [6.07, 6.45) is 0. The number of aryl methyl sites for hydroxylation is 1. The second-order valence-electron chi connectivity index (χ2n) is 4.75. The average Bonchev–Trinajstić information content (AvgIpc) is 2.48. The quantitative estimate of drug-likeness (QED) is 0.755. The normalized spacial score (nSPS) is 10.4. The van der Waals surface area contributed by atoms with Gasteiger partial charge in [0.15, 0.2) is 5.78 Å². The van der Waals surface area contributed by atoms with Crippen LogP contribution in [0.2, 0.25) is 5.02 Å². The maximum atomic E-state index is 11.7. The predicted molar refractivity (Wildman–Crippen MR) is 83.2 cm³/mol. The summed E-state index contributed by atoms with van der Waals surface area (Å²) in [7, 11) is 1.51. The zero-order chi connectivity index (χ0) is 15.2. The maximum Gasteiger partial charge on any atom is 0.188 e. The SMILES string of the molecule is COCC(=O)c1ccc(OCc2ccc(Cl)cc2)c(C)c1. The standard InChI is InChI=1S/C17H17ClO3/c1-12-9-14(16(19)11-20-2)5-8-17(12)21-10-13-3-6-15(18)7-4-13/h3-9H,10-11H2,1-2H3. The van der Waals surface area contributed by atoms with E-state index >= 15 is 0 Å². The minimum Gasteiger partial charge on any atom is -0.489 e. The highest BCUT2D eigenvalue weighted by Crippen LogP contribution is 2.21. The third kappa shape index (κ3) is 4.31. The first kappa shape index (κ1) is 15.5. The van der Waals surface area contributed by atoms with E-state index < -0.39 is 0 Å². The lowest BCUT2D eigenvalue weighted by Crippen LogP contribution is -2.07. The van der Waals surface area contributed by atoms with Gasteiger partial charge in [-0.25, -0.2) is 0 Å². The molecule has 0 heterocycles. The van der Waals surface area contributed by atoms with Crippen molar-refractivity contribution >= 4 is 17.4 Å². The number of halogens is 1. The van der Waals surface area contributed by atoms with Crippen LogP contribution >= 0.6 is 11.6 Å². The number of carbonyl (C=O) groups is 1. The molecule has 0 N–H and O–H groups in total. The Bertz CT molecular complexity index is 620. The van der Waals surface area contributed by atoms with Crippen LogP contribution in [-0.4, -0.2) is 19.5 Å². The Morgan fingerprint density at radius 1 is 1.14 bits per heavy atom. The third-order valence-electron chi connectivity index (χ3n) is 3.08. The average molecular weight is 305 g/mol. The van der Waals surface area contributed by atoms with Crippen molar-refractivity contribution in [1.29, 1.82) is 0 Å². The van der Waals surface area contributed by atoms with Crippen molar-refractivity contribution in [3.8, 4) is 5.75 Å². The monoisotopic (exact) mass is 304 g/mol. The van der Waals surface area contributed by atoms with Crippen LogP contribution in [0.3, 0.4) is 0 Å². The van der Waals surface area contributed by atoms with Crippen LogP contribution in [0.4, 0.5) is 0 Å². The molecule has 2 rings (SSSR count). The lowest BCUT2D eigenvalue weighted by molar-refractivity contribution is 0.0848. The van der Waals surface area contributed by atoms with Crippen LogP contribution in [0, 0.1) is 6.92 Å². The van der Waals surface area contributed by atoms with Gasteiger partial charge < -0.3 is 9.47 Å². The van der Waals surface area contributed by atoms with Crippen LogP contribution in [0.5, 0.6) is 5.75 Å². The predicted octanol–water partition coefficient (Wildman–Crippen LogP) is 4.06. The fourth-order valence-corrected chi connectivity index (χ4v) is 2.07. The Labute approximate surface area is 129 Å². The zero-order valence-corrected chi connectivity index (χ0v) is 12.8. The molecule has 0 unspecified atom stereocenters. The van der Waals surface area contributed by atoms with E-state index in [-0.39, 0.29) is 12.4 Å². The number of carbonyl (C=O) groups excluding carboxylic acids is 1. The molecular formula is C17H17ClO3. The molecule has 110 valence electrons. The van der Waals surface area contributed by atoms with Crippen LogP contribution in [0.25, 0.3) is 0 Å². The Morgan fingerprint density at radius 3 is 2.48 bits per heavy atom. The van der Waals surface area contributed by atoms with Crippen molar-refractivity contribution in [1.82, 2.24) is 0 Å². The maximum absolute atomic E-state index is 11.7. The van der Waals surface area contributed by atoms with Gasteiger partial charge in [0.1, 0.15) is 19.0 Å². The molecule has 2 aromatic rings. The fourth-order valence-electron chi connectivity index (χ4n) is 1.94. The number of hydrogen-bond donors (Lipinski definition) is 0. The van der Waals surface area contributed by atoms with Crippen molar-refractivity contribution in [3.05, 3.63) is 64.2 Å². The highest BCUT2D eigenvalue weighted by atomic mass is 35.5. The van der Waals surface area contributed by atoms with Gasteiger partial charge in [0, 0.05) is 17.7 Å². The van der Waals surface area contributed by atoms with Gasteiger partial charge in [-0.2, -0.15) is 0 Å².